The van der Waals surface area contributed by atoms with Crippen LogP contribution in [0.3, 0.4) is 0 Å². The van der Waals surface area contributed by atoms with Gasteiger partial charge in [0.15, 0.2) is 5.17 Å². The summed E-state index contributed by atoms with van der Waals surface area (Å²) in [5, 5.41) is 23.3. The van der Waals surface area contributed by atoms with Crippen LogP contribution < -0.4 is 10.6 Å². The number of anilines is 1. The smallest absolute Gasteiger partial charge is 0.410 e. The molecule has 1 fully saturated rings. The van der Waals surface area contributed by atoms with Gasteiger partial charge in [0.05, 0.1) is 11.1 Å². The monoisotopic (exact) mass is 453 g/mol. The van der Waals surface area contributed by atoms with Crippen molar-refractivity contribution in [3.05, 3.63) is 59.2 Å². The molecule has 2 aromatic rings. The van der Waals surface area contributed by atoms with Gasteiger partial charge in [-0.05, 0) is 49.1 Å². The summed E-state index contributed by atoms with van der Waals surface area (Å²) in [7, 11) is 0. The number of carbonyl (C=O) groups is 2. The van der Waals surface area contributed by atoms with E-state index in [0.717, 1.165) is 19.3 Å². The quantitative estimate of drug-likeness (QED) is 0.642. The first kappa shape index (κ1) is 21.8. The van der Waals surface area contributed by atoms with Crippen LogP contribution in [0.25, 0.3) is 0 Å². The molecule has 0 unspecified atom stereocenters. The number of fused-ring (bicyclic) bond motifs is 1. The number of carbonyl (C=O) groups excluding carboxylic acids is 1. The van der Waals surface area contributed by atoms with Crippen LogP contribution >= 0.6 is 11.8 Å². The molecule has 4 rings (SSSR count). The van der Waals surface area contributed by atoms with E-state index in [9.17, 15) is 9.59 Å². The molecule has 0 bridgehead atoms. The molecule has 164 valence electrons. The number of hydrogen-bond acceptors (Lipinski definition) is 6. The lowest BCUT2D eigenvalue weighted by Crippen LogP contribution is -2.44. The molecule has 8 nitrogen and oxygen atoms in total. The third-order valence-corrected chi connectivity index (χ3v) is 6.82. The number of aromatic nitrogens is 1. The number of thioether (sulfide) groups is 1. The number of nitrogens with one attached hydrogen (secondary N) is 2. The largest absolute Gasteiger partial charge is 0.465 e. The van der Waals surface area contributed by atoms with Crippen molar-refractivity contribution in [2.24, 2.45) is 10.9 Å². The molecule has 0 saturated heterocycles. The molecule has 32 heavy (non-hydrogen) atoms. The first-order chi connectivity index (χ1) is 15.4. The zero-order chi connectivity index (χ0) is 22.7. The normalized spacial score (nSPS) is 22.1. The molecule has 2 atom stereocenters. The first-order valence-electron chi connectivity index (χ1n) is 10.1. The number of amides is 2. The Labute approximate surface area is 188 Å². The summed E-state index contributed by atoms with van der Waals surface area (Å²) < 4.78 is 15.1. The Hall–Kier alpha value is -3.45. The SMILES string of the molecule is N#Cc1ccc(C(=O)Nc2ccc(F)c([C@]34CCCC[C@H]3CSC(NC(=O)O)=N4)c2)nc1. The summed E-state index contributed by atoms with van der Waals surface area (Å²) in [6, 6.07) is 9.21. The maximum atomic E-state index is 15.1. The van der Waals surface area contributed by atoms with E-state index < -0.39 is 23.4 Å². The van der Waals surface area contributed by atoms with Gasteiger partial charge in [0.2, 0.25) is 0 Å². The Balaban J connectivity index is 1.68. The Morgan fingerprint density at radius 2 is 2.09 bits per heavy atom. The van der Waals surface area contributed by atoms with Gasteiger partial charge in [-0.15, -0.1) is 0 Å². The lowest BCUT2D eigenvalue weighted by Gasteiger charge is -2.44. The van der Waals surface area contributed by atoms with E-state index in [1.807, 2.05) is 6.07 Å². The maximum absolute atomic E-state index is 15.1. The van der Waals surface area contributed by atoms with Crippen LogP contribution in [0.15, 0.2) is 41.5 Å². The van der Waals surface area contributed by atoms with Gasteiger partial charge >= 0.3 is 6.09 Å². The molecule has 10 heteroatoms. The highest BCUT2D eigenvalue weighted by molar-refractivity contribution is 8.13. The van der Waals surface area contributed by atoms with Crippen molar-refractivity contribution in [2.75, 3.05) is 11.1 Å². The minimum Gasteiger partial charge on any atom is -0.465 e. The molecule has 2 amide bonds. The maximum Gasteiger partial charge on any atom is 0.410 e. The highest BCUT2D eigenvalue weighted by Crippen LogP contribution is 2.50. The lowest BCUT2D eigenvalue weighted by atomic mass is 9.69. The second-order valence-corrected chi connectivity index (χ2v) is 8.73. The summed E-state index contributed by atoms with van der Waals surface area (Å²) in [6.07, 6.45) is 3.40. The van der Waals surface area contributed by atoms with Crippen molar-refractivity contribution < 1.29 is 19.1 Å². The number of pyridine rings is 1. The van der Waals surface area contributed by atoms with Crippen LogP contribution in [0.2, 0.25) is 0 Å². The average molecular weight is 453 g/mol. The van der Waals surface area contributed by atoms with Crippen molar-refractivity contribution in [1.82, 2.24) is 10.3 Å². The van der Waals surface area contributed by atoms with E-state index in [-0.39, 0.29) is 16.8 Å². The van der Waals surface area contributed by atoms with Gasteiger partial charge in [-0.25, -0.2) is 14.2 Å². The molecule has 1 aromatic carbocycles. The van der Waals surface area contributed by atoms with Crippen molar-refractivity contribution in [3.63, 3.8) is 0 Å². The highest BCUT2D eigenvalue weighted by Gasteiger charge is 2.46. The van der Waals surface area contributed by atoms with Crippen molar-refractivity contribution >= 4 is 34.6 Å². The summed E-state index contributed by atoms with van der Waals surface area (Å²) in [5.74, 6) is -0.247. The summed E-state index contributed by atoms with van der Waals surface area (Å²) in [5.41, 5.74) is 0.310. The predicted molar refractivity (Wildman–Crippen MR) is 118 cm³/mol. The number of carboxylic acid groups (broad SMARTS) is 1. The summed E-state index contributed by atoms with van der Waals surface area (Å²) >= 11 is 1.33. The van der Waals surface area contributed by atoms with Crippen LogP contribution in [-0.2, 0) is 5.54 Å². The fraction of sp³-hybridized carbons (Fsp3) is 0.318. The number of halogens is 1. The second kappa shape index (κ2) is 8.96. The lowest BCUT2D eigenvalue weighted by molar-refractivity contribution is 0.102. The van der Waals surface area contributed by atoms with Crippen LogP contribution in [0.1, 0.15) is 47.3 Å². The standard InChI is InChI=1S/C22H20FN5O3S/c23-17-6-5-15(26-19(29)18-7-4-13(10-24)11-25-18)9-16(17)22-8-2-1-3-14(22)12-32-20(28-22)27-21(30)31/h4-7,9,11,14H,1-3,8,12H2,(H,26,29)(H,27,28)(H,30,31)/t14-,22-/m0/s1. The number of benzene rings is 1. The molecule has 2 aliphatic rings. The second-order valence-electron chi connectivity index (χ2n) is 7.72. The van der Waals surface area contributed by atoms with Gasteiger partial charge in [-0.2, -0.15) is 5.26 Å². The summed E-state index contributed by atoms with van der Waals surface area (Å²) in [6.45, 7) is 0. The van der Waals surface area contributed by atoms with E-state index >= 15 is 4.39 Å². The molecule has 2 heterocycles. The minimum atomic E-state index is -1.21. The Morgan fingerprint density at radius 1 is 1.25 bits per heavy atom. The zero-order valence-corrected chi connectivity index (χ0v) is 17.8. The average Bonchev–Trinajstić information content (AvgIpc) is 2.79. The van der Waals surface area contributed by atoms with Gasteiger partial charge < -0.3 is 10.4 Å². The predicted octanol–water partition coefficient (Wildman–Crippen LogP) is 4.10. The number of amidine groups is 1. The Kier molecular flexibility index (Phi) is 6.10. The Bertz CT molecular complexity index is 1130. The van der Waals surface area contributed by atoms with E-state index in [0.29, 0.717) is 29.0 Å². The molecule has 1 saturated carbocycles. The molecule has 1 aliphatic carbocycles. The molecular formula is C22H20FN5O3S. The number of rotatable bonds is 3. The number of nitriles is 1. The van der Waals surface area contributed by atoms with E-state index in [4.69, 9.17) is 15.4 Å². The van der Waals surface area contributed by atoms with Gasteiger partial charge in [-0.1, -0.05) is 24.6 Å². The third-order valence-electron chi connectivity index (χ3n) is 5.79. The van der Waals surface area contributed by atoms with Crippen LogP contribution in [-0.4, -0.2) is 33.0 Å². The zero-order valence-electron chi connectivity index (χ0n) is 17.0. The van der Waals surface area contributed by atoms with Crippen molar-refractivity contribution in [3.8, 4) is 6.07 Å². The van der Waals surface area contributed by atoms with E-state index in [2.05, 4.69) is 15.6 Å². The summed E-state index contributed by atoms with van der Waals surface area (Å²) in [4.78, 5) is 32.4. The van der Waals surface area contributed by atoms with Crippen molar-refractivity contribution in [1.29, 1.82) is 5.26 Å². The van der Waals surface area contributed by atoms with Crippen molar-refractivity contribution in [2.45, 2.75) is 31.2 Å². The minimum absolute atomic E-state index is 0.0567. The van der Waals surface area contributed by atoms with Gasteiger partial charge in [-0.3, -0.25) is 15.1 Å². The van der Waals surface area contributed by atoms with Gasteiger partial charge in [0.25, 0.3) is 5.91 Å². The third kappa shape index (κ3) is 4.29. The van der Waals surface area contributed by atoms with E-state index in [1.165, 1.54) is 42.2 Å². The van der Waals surface area contributed by atoms with Crippen LogP contribution in [0.4, 0.5) is 14.9 Å². The molecule has 0 radical (unpaired) electrons. The molecule has 1 aliphatic heterocycles. The Morgan fingerprint density at radius 3 is 2.81 bits per heavy atom. The fourth-order valence-electron chi connectivity index (χ4n) is 4.28. The number of nitrogens with zero attached hydrogens (tertiary/aromatic N) is 3. The molecular weight excluding hydrogens is 433 g/mol. The van der Waals surface area contributed by atoms with Gasteiger partial charge in [0, 0.05) is 23.2 Å². The number of aliphatic imine (C=N–C) groups is 1. The van der Waals surface area contributed by atoms with Crippen LogP contribution in [0.5, 0.6) is 0 Å². The number of hydrogen-bond donors (Lipinski definition) is 3. The molecule has 1 aromatic heterocycles. The first-order valence-corrected chi connectivity index (χ1v) is 11.1. The topological polar surface area (TPSA) is 127 Å². The molecule has 3 N–H and O–H groups in total. The van der Waals surface area contributed by atoms with Crippen LogP contribution in [0, 0.1) is 23.1 Å². The fourth-order valence-corrected chi connectivity index (χ4v) is 5.47. The highest BCUT2D eigenvalue weighted by atomic mass is 32.2. The van der Waals surface area contributed by atoms with E-state index in [1.54, 1.807) is 6.07 Å². The van der Waals surface area contributed by atoms with Gasteiger partial charge in [0.1, 0.15) is 17.6 Å². The molecule has 0 spiro atoms.